The first kappa shape index (κ1) is 22.8. The zero-order chi connectivity index (χ0) is 22.5. The molecule has 0 spiro atoms. The summed E-state index contributed by atoms with van der Waals surface area (Å²) in [6.07, 6.45) is 0. The molecule has 8 nitrogen and oxygen atoms in total. The zero-order valence-electron chi connectivity index (χ0n) is 15.5. The van der Waals surface area contributed by atoms with Crippen LogP contribution in [0.5, 0.6) is 0 Å². The predicted octanol–water partition coefficient (Wildman–Crippen LogP) is 3.09. The average Bonchev–Trinajstić information content (AvgIpc) is 3.08. The number of halogens is 4. The van der Waals surface area contributed by atoms with Gasteiger partial charge in [0.25, 0.3) is 0 Å². The SMILES string of the molecule is Nn1c(SCC(=O)NCC(=O)Nc2ccc(F)c(F)c2)nnc1-c1ccc(Cl)cc1Cl. The summed E-state index contributed by atoms with van der Waals surface area (Å²) in [5, 5.41) is 13.7. The minimum atomic E-state index is -1.09. The fourth-order valence-electron chi connectivity index (χ4n) is 2.37. The van der Waals surface area contributed by atoms with Gasteiger partial charge in [-0.05, 0) is 30.3 Å². The summed E-state index contributed by atoms with van der Waals surface area (Å²) >= 11 is 13.0. The highest BCUT2D eigenvalue weighted by atomic mass is 35.5. The molecular formula is C18H14Cl2F2N6O2S. The number of hydrogen-bond donors (Lipinski definition) is 3. The Morgan fingerprint density at radius 2 is 1.84 bits per heavy atom. The van der Waals surface area contributed by atoms with E-state index in [9.17, 15) is 18.4 Å². The highest BCUT2D eigenvalue weighted by Crippen LogP contribution is 2.30. The number of carbonyl (C=O) groups is 2. The quantitative estimate of drug-likeness (QED) is 0.349. The molecule has 0 aliphatic rings. The van der Waals surface area contributed by atoms with Crippen LogP contribution in [0.2, 0.25) is 10.0 Å². The van der Waals surface area contributed by atoms with E-state index in [1.54, 1.807) is 18.2 Å². The van der Waals surface area contributed by atoms with Crippen molar-refractivity contribution < 1.29 is 18.4 Å². The van der Waals surface area contributed by atoms with E-state index in [-0.39, 0.29) is 29.0 Å². The Kier molecular flexibility index (Phi) is 7.31. The molecule has 0 fully saturated rings. The zero-order valence-corrected chi connectivity index (χ0v) is 17.9. The lowest BCUT2D eigenvalue weighted by Gasteiger charge is -2.08. The molecule has 0 atom stereocenters. The summed E-state index contributed by atoms with van der Waals surface area (Å²) < 4.78 is 27.2. The molecule has 31 heavy (non-hydrogen) atoms. The molecule has 2 aromatic carbocycles. The third-order valence-electron chi connectivity index (χ3n) is 3.82. The Morgan fingerprint density at radius 1 is 1.06 bits per heavy atom. The Morgan fingerprint density at radius 3 is 2.55 bits per heavy atom. The maximum absolute atomic E-state index is 13.2. The molecule has 0 aliphatic heterocycles. The van der Waals surface area contributed by atoms with Crippen LogP contribution in [0.3, 0.4) is 0 Å². The smallest absolute Gasteiger partial charge is 0.243 e. The van der Waals surface area contributed by atoms with Crippen molar-refractivity contribution in [2.24, 2.45) is 0 Å². The van der Waals surface area contributed by atoms with Gasteiger partial charge in [-0.1, -0.05) is 35.0 Å². The molecule has 0 saturated heterocycles. The molecule has 0 bridgehead atoms. The monoisotopic (exact) mass is 486 g/mol. The Balaban J connectivity index is 1.51. The molecule has 2 amide bonds. The first-order valence-electron chi connectivity index (χ1n) is 8.55. The van der Waals surface area contributed by atoms with Crippen LogP contribution in [-0.4, -0.2) is 39.0 Å². The highest BCUT2D eigenvalue weighted by molar-refractivity contribution is 7.99. The van der Waals surface area contributed by atoms with Gasteiger partial charge in [0, 0.05) is 22.3 Å². The molecule has 0 aliphatic carbocycles. The minimum absolute atomic E-state index is 0.0668. The maximum atomic E-state index is 13.2. The van der Waals surface area contributed by atoms with Crippen LogP contribution in [0.25, 0.3) is 11.4 Å². The summed E-state index contributed by atoms with van der Waals surface area (Å²) in [6, 6.07) is 7.73. The van der Waals surface area contributed by atoms with Crippen LogP contribution < -0.4 is 16.5 Å². The van der Waals surface area contributed by atoms with Gasteiger partial charge in [-0.15, -0.1) is 10.2 Å². The third-order valence-corrected chi connectivity index (χ3v) is 5.31. The molecule has 4 N–H and O–H groups in total. The van der Waals surface area contributed by atoms with E-state index in [4.69, 9.17) is 29.0 Å². The molecule has 0 unspecified atom stereocenters. The lowest BCUT2D eigenvalue weighted by Crippen LogP contribution is -2.34. The number of carbonyl (C=O) groups excluding carboxylic acids is 2. The second kappa shape index (κ2) is 9.94. The normalized spacial score (nSPS) is 10.7. The van der Waals surface area contributed by atoms with Crippen molar-refractivity contribution >= 4 is 52.5 Å². The topological polar surface area (TPSA) is 115 Å². The number of nitrogens with two attached hydrogens (primary N) is 1. The summed E-state index contributed by atoms with van der Waals surface area (Å²) in [7, 11) is 0. The van der Waals surface area contributed by atoms with Crippen LogP contribution in [0.15, 0.2) is 41.6 Å². The fourth-order valence-corrected chi connectivity index (χ4v) is 3.55. The number of hydrogen-bond acceptors (Lipinski definition) is 6. The van der Waals surface area contributed by atoms with Gasteiger partial charge in [0.15, 0.2) is 17.5 Å². The third kappa shape index (κ3) is 5.84. The molecule has 3 rings (SSSR count). The summed E-state index contributed by atoms with van der Waals surface area (Å²) in [5.74, 6) is 2.98. The van der Waals surface area contributed by atoms with Crippen LogP contribution in [-0.2, 0) is 9.59 Å². The predicted molar refractivity (Wildman–Crippen MR) is 114 cm³/mol. The fraction of sp³-hybridized carbons (Fsp3) is 0.111. The number of thioether (sulfide) groups is 1. The molecule has 13 heteroatoms. The second-order valence-electron chi connectivity index (χ2n) is 6.04. The van der Waals surface area contributed by atoms with Crippen LogP contribution >= 0.6 is 35.0 Å². The van der Waals surface area contributed by atoms with E-state index in [0.717, 1.165) is 23.9 Å². The molecule has 0 radical (unpaired) electrons. The van der Waals surface area contributed by atoms with Crippen molar-refractivity contribution in [1.82, 2.24) is 20.2 Å². The largest absolute Gasteiger partial charge is 0.346 e. The second-order valence-corrected chi connectivity index (χ2v) is 7.83. The first-order valence-corrected chi connectivity index (χ1v) is 10.3. The van der Waals surface area contributed by atoms with Crippen LogP contribution in [0.4, 0.5) is 14.5 Å². The number of benzene rings is 2. The molecule has 0 saturated carbocycles. The number of nitrogen functional groups attached to an aromatic ring is 1. The van der Waals surface area contributed by atoms with Gasteiger partial charge in [-0.3, -0.25) is 9.59 Å². The Hall–Kier alpha value is -2.89. The van der Waals surface area contributed by atoms with Crippen LogP contribution in [0, 0.1) is 11.6 Å². The minimum Gasteiger partial charge on any atom is -0.346 e. The molecule has 1 heterocycles. The van der Waals surface area contributed by atoms with Crippen molar-refractivity contribution in [2.45, 2.75) is 5.16 Å². The first-order chi connectivity index (χ1) is 14.7. The van der Waals surface area contributed by atoms with Gasteiger partial charge in [-0.25, -0.2) is 13.5 Å². The Bertz CT molecular complexity index is 1140. The van der Waals surface area contributed by atoms with Gasteiger partial charge < -0.3 is 16.5 Å². The summed E-state index contributed by atoms with van der Waals surface area (Å²) in [5.41, 5.74) is 0.586. The lowest BCUT2D eigenvalue weighted by molar-refractivity contribution is -0.122. The van der Waals surface area contributed by atoms with E-state index >= 15 is 0 Å². The van der Waals surface area contributed by atoms with E-state index < -0.39 is 23.4 Å². The maximum Gasteiger partial charge on any atom is 0.243 e. The number of aromatic nitrogens is 3. The van der Waals surface area contributed by atoms with E-state index in [1.165, 1.54) is 10.7 Å². The average molecular weight is 487 g/mol. The van der Waals surface area contributed by atoms with Crippen molar-refractivity contribution in [1.29, 1.82) is 0 Å². The van der Waals surface area contributed by atoms with E-state index in [2.05, 4.69) is 20.8 Å². The van der Waals surface area contributed by atoms with Gasteiger partial charge in [0.1, 0.15) is 0 Å². The molecular weight excluding hydrogens is 473 g/mol. The van der Waals surface area contributed by atoms with Gasteiger partial charge >= 0.3 is 0 Å². The molecule has 1 aromatic heterocycles. The highest BCUT2D eigenvalue weighted by Gasteiger charge is 2.16. The van der Waals surface area contributed by atoms with Crippen molar-refractivity contribution in [3.05, 3.63) is 58.1 Å². The standard InChI is InChI=1S/C18H14Cl2F2N6O2S/c19-9-1-3-11(12(20)5-9)17-26-27-18(28(17)23)31-8-16(30)24-7-15(29)25-10-2-4-13(21)14(22)6-10/h1-6H,7-8,23H2,(H,24,30)(H,25,29). The number of nitrogens with one attached hydrogen (secondary N) is 2. The van der Waals surface area contributed by atoms with Crippen molar-refractivity contribution in [3.63, 3.8) is 0 Å². The number of rotatable bonds is 7. The van der Waals surface area contributed by atoms with Crippen molar-refractivity contribution in [2.75, 3.05) is 23.5 Å². The van der Waals surface area contributed by atoms with E-state index in [0.29, 0.717) is 15.6 Å². The number of anilines is 1. The van der Waals surface area contributed by atoms with Gasteiger partial charge in [-0.2, -0.15) is 0 Å². The van der Waals surface area contributed by atoms with Gasteiger partial charge in [0.05, 0.1) is 17.3 Å². The number of nitrogens with zero attached hydrogens (tertiary/aromatic N) is 3. The van der Waals surface area contributed by atoms with Crippen molar-refractivity contribution in [3.8, 4) is 11.4 Å². The number of amides is 2. The lowest BCUT2D eigenvalue weighted by atomic mass is 10.2. The Labute approximate surface area is 189 Å². The molecule has 3 aromatic rings. The molecule has 162 valence electrons. The van der Waals surface area contributed by atoms with Crippen LogP contribution in [0.1, 0.15) is 0 Å². The van der Waals surface area contributed by atoms with Gasteiger partial charge in [0.2, 0.25) is 17.0 Å². The summed E-state index contributed by atoms with van der Waals surface area (Å²) in [6.45, 7) is -0.362. The summed E-state index contributed by atoms with van der Waals surface area (Å²) in [4.78, 5) is 23.8. The van der Waals surface area contributed by atoms with E-state index in [1.807, 2.05) is 0 Å².